The predicted octanol–water partition coefficient (Wildman–Crippen LogP) is 1.76. The minimum atomic E-state index is 0.268. The topological polar surface area (TPSA) is 47.6 Å². The Morgan fingerprint density at radius 3 is 2.20 bits per heavy atom. The lowest BCUT2D eigenvalue weighted by Crippen LogP contribution is -2.07. The average Bonchev–Trinajstić information content (AvgIpc) is 1.87. The molecule has 1 aliphatic carbocycles. The van der Waals surface area contributed by atoms with Crippen LogP contribution >= 0.6 is 0 Å². The summed E-state index contributed by atoms with van der Waals surface area (Å²) in [6, 6.07) is 3.70. The minimum absolute atomic E-state index is 0.268. The fourth-order valence-corrected chi connectivity index (χ4v) is 0.942. The number of hydrogen-bond acceptors (Lipinski definition) is 2. The van der Waals surface area contributed by atoms with Crippen LogP contribution < -0.4 is 0 Å². The van der Waals surface area contributed by atoms with Gasteiger partial charge in [-0.15, -0.1) is 0 Å². The normalized spacial score (nSPS) is 16.2. The fraction of sp³-hybridized carbons (Fsp3) is 0.500. The lowest BCUT2D eigenvalue weighted by Gasteiger charge is -2.20. The summed E-state index contributed by atoms with van der Waals surface area (Å²) in [6.45, 7) is 0. The van der Waals surface area contributed by atoms with Crippen LogP contribution in [0, 0.1) is 28.6 Å². The third-order valence-electron chi connectivity index (χ3n) is 1.79. The van der Waals surface area contributed by atoms with Gasteiger partial charge < -0.3 is 0 Å². The van der Waals surface area contributed by atoms with Crippen molar-refractivity contribution < 1.29 is 0 Å². The summed E-state index contributed by atoms with van der Waals surface area (Å²) < 4.78 is 0. The van der Waals surface area contributed by atoms with E-state index in [2.05, 4.69) is 0 Å². The maximum atomic E-state index is 8.35. The number of allylic oxidation sites excluding steroid dienone is 2. The molecule has 1 aliphatic rings. The van der Waals surface area contributed by atoms with Crippen molar-refractivity contribution >= 4 is 0 Å². The Bertz CT molecular complexity index is 207. The summed E-state index contributed by atoms with van der Waals surface area (Å²) in [5.41, 5.74) is 0.268. The summed E-state index contributed by atoms with van der Waals surface area (Å²) in [7, 11) is 0. The Morgan fingerprint density at radius 2 is 1.90 bits per heavy atom. The molecule has 0 saturated heterocycles. The van der Waals surface area contributed by atoms with Crippen LogP contribution in [0.15, 0.2) is 11.6 Å². The smallest absolute Gasteiger partial charge is 0.125 e. The van der Waals surface area contributed by atoms with Gasteiger partial charge in [0.25, 0.3) is 0 Å². The van der Waals surface area contributed by atoms with Crippen LogP contribution in [-0.2, 0) is 0 Å². The lowest BCUT2D eigenvalue weighted by atomic mass is 9.84. The van der Waals surface area contributed by atoms with Gasteiger partial charge in [-0.05, 0) is 18.8 Å². The molecule has 0 aromatic carbocycles. The maximum absolute atomic E-state index is 8.35. The van der Waals surface area contributed by atoms with E-state index in [0.717, 1.165) is 12.8 Å². The van der Waals surface area contributed by atoms with Crippen molar-refractivity contribution in [1.29, 1.82) is 10.5 Å². The summed E-state index contributed by atoms with van der Waals surface area (Å²) >= 11 is 0. The van der Waals surface area contributed by atoms with E-state index in [1.54, 1.807) is 6.08 Å². The van der Waals surface area contributed by atoms with Gasteiger partial charge in [0.1, 0.15) is 17.7 Å². The molecule has 0 unspecified atom stereocenters. The van der Waals surface area contributed by atoms with E-state index in [9.17, 15) is 0 Å². The molecule has 0 amide bonds. The van der Waals surface area contributed by atoms with Crippen molar-refractivity contribution in [3.63, 3.8) is 0 Å². The zero-order chi connectivity index (χ0) is 7.40. The average molecular weight is 132 g/mol. The van der Waals surface area contributed by atoms with Crippen molar-refractivity contribution in [2.24, 2.45) is 5.92 Å². The molecular formula is C8H8N2. The monoisotopic (exact) mass is 132 g/mol. The molecule has 0 aromatic heterocycles. The summed E-state index contributed by atoms with van der Waals surface area (Å²) in [5.74, 6) is 0.509. The van der Waals surface area contributed by atoms with Crippen LogP contribution in [0.5, 0.6) is 0 Å². The lowest BCUT2D eigenvalue weighted by molar-refractivity contribution is 0.387. The number of nitriles is 2. The summed E-state index contributed by atoms with van der Waals surface area (Å²) in [4.78, 5) is 0. The van der Waals surface area contributed by atoms with Gasteiger partial charge in [-0.25, -0.2) is 0 Å². The van der Waals surface area contributed by atoms with E-state index in [4.69, 9.17) is 10.5 Å². The number of nitrogens with zero attached hydrogens (tertiary/aromatic N) is 2. The van der Waals surface area contributed by atoms with Crippen LogP contribution in [0.25, 0.3) is 0 Å². The Labute approximate surface area is 60.4 Å². The molecule has 50 valence electrons. The van der Waals surface area contributed by atoms with Crippen molar-refractivity contribution in [2.45, 2.75) is 19.3 Å². The van der Waals surface area contributed by atoms with Crippen LogP contribution in [0.1, 0.15) is 19.3 Å². The second-order valence-electron chi connectivity index (χ2n) is 2.49. The molecule has 2 heteroatoms. The second-order valence-corrected chi connectivity index (χ2v) is 2.49. The zero-order valence-corrected chi connectivity index (χ0v) is 5.67. The fourth-order valence-electron chi connectivity index (χ4n) is 0.942. The van der Waals surface area contributed by atoms with Gasteiger partial charge in [-0.1, -0.05) is 12.5 Å². The first kappa shape index (κ1) is 6.83. The van der Waals surface area contributed by atoms with E-state index in [0.29, 0.717) is 5.92 Å². The molecule has 0 N–H and O–H groups in total. The quantitative estimate of drug-likeness (QED) is 0.510. The van der Waals surface area contributed by atoms with Gasteiger partial charge in [0.05, 0.1) is 0 Å². The molecule has 0 aromatic rings. The van der Waals surface area contributed by atoms with Gasteiger partial charge >= 0.3 is 0 Å². The molecule has 0 heterocycles. The van der Waals surface area contributed by atoms with Gasteiger partial charge in [0.2, 0.25) is 0 Å². The van der Waals surface area contributed by atoms with Gasteiger partial charge in [0, 0.05) is 0 Å². The maximum Gasteiger partial charge on any atom is 0.125 e. The molecule has 2 nitrogen and oxygen atoms in total. The van der Waals surface area contributed by atoms with Gasteiger partial charge in [0.15, 0.2) is 0 Å². The van der Waals surface area contributed by atoms with Crippen molar-refractivity contribution in [2.75, 3.05) is 0 Å². The molecule has 1 saturated carbocycles. The summed E-state index contributed by atoms with van der Waals surface area (Å²) in [5, 5.41) is 16.7. The highest BCUT2D eigenvalue weighted by molar-refractivity contribution is 5.35. The predicted molar refractivity (Wildman–Crippen MR) is 36.7 cm³/mol. The van der Waals surface area contributed by atoms with Crippen LogP contribution in [0.4, 0.5) is 0 Å². The third-order valence-corrected chi connectivity index (χ3v) is 1.79. The Morgan fingerprint density at radius 1 is 1.30 bits per heavy atom. The van der Waals surface area contributed by atoms with E-state index >= 15 is 0 Å². The molecule has 0 aliphatic heterocycles. The van der Waals surface area contributed by atoms with Crippen LogP contribution in [0.3, 0.4) is 0 Å². The van der Waals surface area contributed by atoms with Crippen LogP contribution in [0.2, 0.25) is 0 Å². The Hall–Kier alpha value is -1.28. The van der Waals surface area contributed by atoms with Gasteiger partial charge in [-0.2, -0.15) is 10.5 Å². The van der Waals surface area contributed by atoms with Crippen molar-refractivity contribution in [3.05, 3.63) is 11.6 Å². The number of rotatable bonds is 1. The Balaban J connectivity index is 2.53. The third kappa shape index (κ3) is 1.36. The van der Waals surface area contributed by atoms with Crippen molar-refractivity contribution in [1.82, 2.24) is 0 Å². The zero-order valence-electron chi connectivity index (χ0n) is 5.67. The SMILES string of the molecule is N#CC(C#N)=CC1CCC1. The van der Waals surface area contributed by atoms with E-state index in [-0.39, 0.29) is 5.57 Å². The molecule has 1 fully saturated rings. The van der Waals surface area contributed by atoms with Crippen molar-refractivity contribution in [3.8, 4) is 12.1 Å². The molecule has 0 bridgehead atoms. The minimum Gasteiger partial charge on any atom is -0.192 e. The first-order valence-electron chi connectivity index (χ1n) is 3.39. The number of hydrogen-bond donors (Lipinski definition) is 0. The first-order chi connectivity index (χ1) is 4.86. The highest BCUT2D eigenvalue weighted by Gasteiger charge is 2.15. The first-order valence-corrected chi connectivity index (χ1v) is 3.39. The summed E-state index contributed by atoms with van der Waals surface area (Å²) in [6.07, 6.45) is 5.31. The molecule has 0 spiro atoms. The standard InChI is InChI=1S/C8H8N2/c9-5-8(6-10)4-7-2-1-3-7/h4,7H,1-3H2. The largest absolute Gasteiger partial charge is 0.192 e. The Kier molecular flexibility index (Phi) is 2.07. The van der Waals surface area contributed by atoms with E-state index in [1.165, 1.54) is 6.42 Å². The van der Waals surface area contributed by atoms with Crippen LogP contribution in [-0.4, -0.2) is 0 Å². The molecule has 1 rings (SSSR count). The molecule has 0 atom stereocenters. The molecule has 10 heavy (non-hydrogen) atoms. The second kappa shape index (κ2) is 3.03. The van der Waals surface area contributed by atoms with E-state index < -0.39 is 0 Å². The highest BCUT2D eigenvalue weighted by atomic mass is 14.3. The van der Waals surface area contributed by atoms with E-state index in [1.807, 2.05) is 12.1 Å². The molecular weight excluding hydrogens is 124 g/mol. The van der Waals surface area contributed by atoms with Gasteiger partial charge in [-0.3, -0.25) is 0 Å². The molecule has 0 radical (unpaired) electrons. The highest BCUT2D eigenvalue weighted by Crippen LogP contribution is 2.28.